The van der Waals surface area contributed by atoms with Crippen LogP contribution in [0.15, 0.2) is 22.8 Å². The fourth-order valence-corrected chi connectivity index (χ4v) is 4.13. The van der Waals surface area contributed by atoms with Crippen molar-refractivity contribution in [1.82, 2.24) is 19.7 Å². The number of nitrogens with one attached hydrogen (secondary N) is 1. The van der Waals surface area contributed by atoms with E-state index in [9.17, 15) is 18.4 Å². The first-order valence-corrected chi connectivity index (χ1v) is 12.9. The topological polar surface area (TPSA) is 78.2 Å². The molecule has 0 spiro atoms. The van der Waals surface area contributed by atoms with E-state index in [1.807, 2.05) is 13.8 Å². The van der Waals surface area contributed by atoms with Crippen molar-refractivity contribution in [1.29, 1.82) is 0 Å². The van der Waals surface area contributed by atoms with Crippen LogP contribution in [-0.4, -0.2) is 37.4 Å². The summed E-state index contributed by atoms with van der Waals surface area (Å²) >= 11 is 3.68. The molecule has 10 heteroatoms. The van der Waals surface area contributed by atoms with Gasteiger partial charge in [0.2, 0.25) is 0 Å². The lowest BCUT2D eigenvalue weighted by Gasteiger charge is -2.30. The van der Waals surface area contributed by atoms with Gasteiger partial charge in [-0.05, 0) is 59.8 Å². The van der Waals surface area contributed by atoms with E-state index >= 15 is 0 Å². The lowest BCUT2D eigenvalue weighted by molar-refractivity contribution is 0.0531. The number of aromatic nitrogens is 3. The zero-order valence-corrected chi connectivity index (χ0v) is 23.2. The average Bonchev–Trinajstić information content (AvgIpc) is 3.09. The van der Waals surface area contributed by atoms with Crippen molar-refractivity contribution in [2.24, 2.45) is 5.92 Å². The summed E-state index contributed by atoms with van der Waals surface area (Å²) in [6.07, 6.45) is 4.84. The summed E-state index contributed by atoms with van der Waals surface area (Å²) in [6, 6.07) is 0. The van der Waals surface area contributed by atoms with Crippen LogP contribution in [0.4, 0.5) is 13.6 Å². The van der Waals surface area contributed by atoms with Crippen LogP contribution >= 0.6 is 15.9 Å². The monoisotopic (exact) mass is 550 g/mol. The van der Waals surface area contributed by atoms with Crippen molar-refractivity contribution < 1.29 is 18.3 Å². The number of alkyl carbamates (subject to hydrolysis) is 1. The van der Waals surface area contributed by atoms with Gasteiger partial charge in [0.25, 0.3) is 6.08 Å². The number of rotatable bonds is 13. The van der Waals surface area contributed by atoms with Gasteiger partial charge in [0.15, 0.2) is 0 Å². The van der Waals surface area contributed by atoms with Gasteiger partial charge >= 0.3 is 11.8 Å². The zero-order valence-electron chi connectivity index (χ0n) is 21.6. The average molecular weight is 552 g/mol. The van der Waals surface area contributed by atoms with Gasteiger partial charge in [-0.15, -0.1) is 0 Å². The Morgan fingerprint density at radius 3 is 2.35 bits per heavy atom. The maximum absolute atomic E-state index is 13.5. The molecule has 196 valence electrons. The van der Waals surface area contributed by atoms with Crippen LogP contribution in [0.1, 0.15) is 87.0 Å². The van der Waals surface area contributed by atoms with Gasteiger partial charge in [0.05, 0.1) is 6.54 Å². The van der Waals surface area contributed by atoms with Crippen molar-refractivity contribution in [2.45, 2.75) is 110 Å². The van der Waals surface area contributed by atoms with Gasteiger partial charge < -0.3 is 10.1 Å². The van der Waals surface area contributed by atoms with Crippen LogP contribution < -0.4 is 11.0 Å². The molecule has 1 heterocycles. The third kappa shape index (κ3) is 10.3. The van der Waals surface area contributed by atoms with Crippen LogP contribution in [0.3, 0.4) is 0 Å². The van der Waals surface area contributed by atoms with Gasteiger partial charge in [-0.1, -0.05) is 49.0 Å². The SMILES string of the molecule is CCC(Br)CCCC(CC)CC(C)(C)n1cnn(CC(CNC(=O)OC(C)(C)C)=C(F)F)c1=O. The number of halogens is 3. The third-order valence-electron chi connectivity index (χ3n) is 5.78. The summed E-state index contributed by atoms with van der Waals surface area (Å²) in [5.41, 5.74) is -2.11. The van der Waals surface area contributed by atoms with Crippen molar-refractivity contribution in [3.8, 4) is 0 Å². The molecular formula is C24H41BrF2N4O3. The van der Waals surface area contributed by atoms with Gasteiger partial charge in [-0.25, -0.2) is 14.3 Å². The first-order chi connectivity index (χ1) is 15.7. The first kappa shape index (κ1) is 30.3. The lowest BCUT2D eigenvalue weighted by Crippen LogP contribution is -2.39. The largest absolute Gasteiger partial charge is 0.444 e. The predicted molar refractivity (Wildman–Crippen MR) is 135 cm³/mol. The Morgan fingerprint density at radius 2 is 1.82 bits per heavy atom. The molecule has 2 unspecified atom stereocenters. The molecular weight excluding hydrogens is 510 g/mol. The molecule has 0 saturated carbocycles. The Balaban J connectivity index is 2.87. The molecule has 7 nitrogen and oxygen atoms in total. The second kappa shape index (κ2) is 13.4. The van der Waals surface area contributed by atoms with E-state index in [0.29, 0.717) is 10.7 Å². The van der Waals surface area contributed by atoms with Crippen LogP contribution in [0.25, 0.3) is 0 Å². The second-order valence-corrected chi connectivity index (χ2v) is 11.7. The maximum Gasteiger partial charge on any atom is 0.407 e. The molecule has 0 bridgehead atoms. The molecule has 0 saturated heterocycles. The highest BCUT2D eigenvalue weighted by Crippen LogP contribution is 2.29. The van der Waals surface area contributed by atoms with Gasteiger partial charge in [-0.2, -0.15) is 13.9 Å². The number of amides is 1. The molecule has 34 heavy (non-hydrogen) atoms. The van der Waals surface area contributed by atoms with E-state index in [0.717, 1.165) is 43.2 Å². The quantitative estimate of drug-likeness (QED) is 0.296. The Hall–Kier alpha value is -1.71. The number of hydrogen-bond donors (Lipinski definition) is 1. The standard InChI is InChI=1S/C24H41BrF2N4O3/c1-8-17(11-10-12-19(25)9-2)13-24(6,7)30-16-29-31(22(30)33)15-18(20(26)27)14-28-21(32)34-23(3,4)5/h16-17,19H,8-15H2,1-7H3,(H,28,32). The fourth-order valence-electron chi connectivity index (χ4n) is 3.80. The van der Waals surface area contributed by atoms with Crippen LogP contribution in [0.2, 0.25) is 0 Å². The number of ether oxygens (including phenoxy) is 1. The number of carbonyl (C=O) groups excluding carboxylic acids is 1. The molecule has 1 N–H and O–H groups in total. The molecule has 0 aliphatic carbocycles. The summed E-state index contributed by atoms with van der Waals surface area (Å²) in [5, 5.41) is 6.38. The summed E-state index contributed by atoms with van der Waals surface area (Å²) in [7, 11) is 0. The van der Waals surface area contributed by atoms with Crippen molar-refractivity contribution in [3.05, 3.63) is 28.5 Å². The molecule has 0 aromatic carbocycles. The fraction of sp³-hybridized carbons (Fsp3) is 0.792. The second-order valence-electron chi connectivity index (χ2n) is 10.4. The summed E-state index contributed by atoms with van der Waals surface area (Å²) < 4.78 is 34.6. The molecule has 0 radical (unpaired) electrons. The number of alkyl halides is 1. The molecule has 1 rings (SSSR count). The molecule has 1 amide bonds. The van der Waals surface area contributed by atoms with Gasteiger partial charge in [0.1, 0.15) is 11.9 Å². The highest BCUT2D eigenvalue weighted by atomic mass is 79.9. The van der Waals surface area contributed by atoms with E-state index in [1.165, 1.54) is 10.9 Å². The minimum absolute atomic E-state index is 0.400. The third-order valence-corrected chi connectivity index (χ3v) is 6.88. The lowest BCUT2D eigenvalue weighted by atomic mass is 9.85. The van der Waals surface area contributed by atoms with Crippen LogP contribution in [-0.2, 0) is 16.8 Å². The van der Waals surface area contributed by atoms with Crippen molar-refractivity contribution in [2.75, 3.05) is 6.54 Å². The van der Waals surface area contributed by atoms with Crippen molar-refractivity contribution in [3.63, 3.8) is 0 Å². The molecule has 0 aliphatic rings. The molecule has 1 aromatic heterocycles. The van der Waals surface area contributed by atoms with E-state index in [4.69, 9.17) is 4.74 Å². The Kier molecular flexibility index (Phi) is 11.9. The van der Waals surface area contributed by atoms with E-state index in [2.05, 4.69) is 40.2 Å². The first-order valence-electron chi connectivity index (χ1n) is 12.0. The number of nitrogens with zero attached hydrogens (tertiary/aromatic N) is 3. The van der Waals surface area contributed by atoms with Crippen LogP contribution in [0.5, 0.6) is 0 Å². The summed E-state index contributed by atoms with van der Waals surface area (Å²) in [5.74, 6) is 0.443. The minimum atomic E-state index is -1.96. The van der Waals surface area contributed by atoms with Gasteiger partial charge in [-0.3, -0.25) is 4.57 Å². The highest BCUT2D eigenvalue weighted by Gasteiger charge is 2.28. The highest BCUT2D eigenvalue weighted by molar-refractivity contribution is 9.09. The van der Waals surface area contributed by atoms with Crippen LogP contribution in [0, 0.1) is 5.92 Å². The van der Waals surface area contributed by atoms with E-state index in [-0.39, 0.29) is 0 Å². The summed E-state index contributed by atoms with van der Waals surface area (Å²) in [4.78, 5) is 25.3. The molecule has 1 aromatic rings. The molecule has 2 atom stereocenters. The number of carbonyl (C=O) groups is 1. The molecule has 0 fully saturated rings. The maximum atomic E-state index is 13.5. The number of hydrogen-bond acceptors (Lipinski definition) is 4. The Morgan fingerprint density at radius 1 is 1.18 bits per heavy atom. The smallest absolute Gasteiger partial charge is 0.407 e. The van der Waals surface area contributed by atoms with Gasteiger partial charge in [0, 0.05) is 22.5 Å². The Bertz CT molecular complexity index is 870. The minimum Gasteiger partial charge on any atom is -0.444 e. The summed E-state index contributed by atoms with van der Waals surface area (Å²) in [6.45, 7) is 12.4. The van der Waals surface area contributed by atoms with E-state index < -0.39 is 47.7 Å². The van der Waals surface area contributed by atoms with E-state index in [1.54, 1.807) is 20.8 Å². The Labute approximate surface area is 210 Å². The van der Waals surface area contributed by atoms with Crippen molar-refractivity contribution >= 4 is 22.0 Å². The predicted octanol–water partition coefficient (Wildman–Crippen LogP) is 6.22. The zero-order chi connectivity index (χ0) is 26.1. The normalized spacial score (nSPS) is 13.9. The molecule has 0 aliphatic heterocycles.